The first kappa shape index (κ1) is 16.5. The third-order valence-electron chi connectivity index (χ3n) is 3.01. The van der Waals surface area contributed by atoms with Crippen LogP contribution < -0.4 is 10.6 Å². The number of nitrogens with zero attached hydrogens (tertiary/aromatic N) is 1. The summed E-state index contributed by atoms with van der Waals surface area (Å²) in [5.74, 6) is -0.352. The number of hydrogen-bond acceptors (Lipinski definition) is 3. The molecule has 0 saturated heterocycles. The van der Waals surface area contributed by atoms with Crippen LogP contribution in [0.25, 0.3) is 0 Å². The fraction of sp³-hybridized carbons (Fsp3) is 0.118. The molecule has 0 aliphatic carbocycles. The second-order valence-corrected chi connectivity index (χ2v) is 5.32. The molecule has 2 aromatic rings. The van der Waals surface area contributed by atoms with E-state index in [-0.39, 0.29) is 18.2 Å². The standard InChI is InChI=1S/C17H14ClN3O2/c1-11(22)20-14-4-2-12(3-5-14)8-17(23)21-15-6-7-16(18)13(9-15)10-19/h2-7,9H,8H2,1H3,(H,20,22)(H,21,23). The van der Waals surface area contributed by atoms with Crippen LogP contribution in [0, 0.1) is 11.3 Å². The predicted octanol–water partition coefficient (Wildman–Crippen LogP) is 3.35. The molecule has 2 aromatic carbocycles. The minimum absolute atomic E-state index is 0.147. The number of halogens is 1. The third kappa shape index (κ3) is 4.83. The number of carbonyl (C=O) groups is 2. The number of anilines is 2. The fourth-order valence-corrected chi connectivity index (χ4v) is 2.15. The monoisotopic (exact) mass is 327 g/mol. The maximum Gasteiger partial charge on any atom is 0.228 e. The lowest BCUT2D eigenvalue weighted by Gasteiger charge is -2.07. The summed E-state index contributed by atoms with van der Waals surface area (Å²) in [5.41, 5.74) is 2.32. The zero-order valence-corrected chi connectivity index (χ0v) is 13.1. The second-order valence-electron chi connectivity index (χ2n) is 4.91. The van der Waals surface area contributed by atoms with Gasteiger partial charge in [0.05, 0.1) is 17.0 Å². The number of hydrogen-bond donors (Lipinski definition) is 2. The lowest BCUT2D eigenvalue weighted by molar-refractivity contribution is -0.116. The first-order valence-electron chi connectivity index (χ1n) is 6.84. The average molecular weight is 328 g/mol. The highest BCUT2D eigenvalue weighted by Crippen LogP contribution is 2.20. The highest BCUT2D eigenvalue weighted by atomic mass is 35.5. The van der Waals surface area contributed by atoms with Crippen LogP contribution in [0.4, 0.5) is 11.4 Å². The van der Waals surface area contributed by atoms with Crippen molar-refractivity contribution in [2.24, 2.45) is 0 Å². The second kappa shape index (κ2) is 7.43. The molecule has 2 rings (SSSR count). The van der Waals surface area contributed by atoms with Gasteiger partial charge in [0.1, 0.15) is 6.07 Å². The molecule has 0 radical (unpaired) electrons. The molecule has 0 saturated carbocycles. The summed E-state index contributed by atoms with van der Waals surface area (Å²) >= 11 is 5.85. The van der Waals surface area contributed by atoms with Crippen molar-refractivity contribution >= 4 is 34.8 Å². The Morgan fingerprint density at radius 2 is 1.74 bits per heavy atom. The number of nitriles is 1. The summed E-state index contributed by atoms with van der Waals surface area (Å²) in [4.78, 5) is 23.0. The zero-order chi connectivity index (χ0) is 16.8. The van der Waals surface area contributed by atoms with Gasteiger partial charge in [0, 0.05) is 18.3 Å². The van der Waals surface area contributed by atoms with E-state index in [4.69, 9.17) is 16.9 Å². The summed E-state index contributed by atoms with van der Waals surface area (Å²) in [6.45, 7) is 1.43. The minimum Gasteiger partial charge on any atom is -0.326 e. The van der Waals surface area contributed by atoms with Gasteiger partial charge in [-0.2, -0.15) is 5.26 Å². The molecule has 0 aliphatic heterocycles. The van der Waals surface area contributed by atoms with Crippen molar-refractivity contribution < 1.29 is 9.59 Å². The van der Waals surface area contributed by atoms with Crippen molar-refractivity contribution in [1.82, 2.24) is 0 Å². The summed E-state index contributed by atoms with van der Waals surface area (Å²) in [6.07, 6.45) is 0.185. The molecule has 0 spiro atoms. The first-order chi connectivity index (χ1) is 11.0. The Kier molecular flexibility index (Phi) is 5.34. The topological polar surface area (TPSA) is 82.0 Å². The molecule has 116 valence electrons. The van der Waals surface area contributed by atoms with Crippen LogP contribution in [0.5, 0.6) is 0 Å². The van der Waals surface area contributed by atoms with Crippen LogP contribution in [-0.4, -0.2) is 11.8 Å². The van der Waals surface area contributed by atoms with Gasteiger partial charge in [-0.1, -0.05) is 23.7 Å². The van der Waals surface area contributed by atoms with E-state index in [1.807, 2.05) is 6.07 Å². The maximum atomic E-state index is 12.0. The van der Waals surface area contributed by atoms with Crippen molar-refractivity contribution in [2.75, 3.05) is 10.6 Å². The van der Waals surface area contributed by atoms with E-state index >= 15 is 0 Å². The number of rotatable bonds is 4. The van der Waals surface area contributed by atoms with Crippen LogP contribution in [0.1, 0.15) is 18.1 Å². The summed E-state index contributed by atoms with van der Waals surface area (Å²) in [7, 11) is 0. The Morgan fingerprint density at radius 3 is 2.35 bits per heavy atom. The predicted molar refractivity (Wildman–Crippen MR) is 89.2 cm³/mol. The van der Waals surface area contributed by atoms with Gasteiger partial charge in [0.2, 0.25) is 11.8 Å². The SMILES string of the molecule is CC(=O)Nc1ccc(CC(=O)Nc2ccc(Cl)c(C#N)c2)cc1. The quantitative estimate of drug-likeness (QED) is 0.903. The van der Waals surface area contributed by atoms with Crippen LogP contribution >= 0.6 is 11.6 Å². The molecule has 0 fully saturated rings. The third-order valence-corrected chi connectivity index (χ3v) is 3.34. The Morgan fingerprint density at radius 1 is 1.09 bits per heavy atom. The molecular weight excluding hydrogens is 314 g/mol. The van der Waals surface area contributed by atoms with E-state index in [1.54, 1.807) is 36.4 Å². The van der Waals surface area contributed by atoms with E-state index in [0.29, 0.717) is 22.0 Å². The molecule has 0 heterocycles. The minimum atomic E-state index is -0.205. The van der Waals surface area contributed by atoms with E-state index in [0.717, 1.165) is 5.56 Å². The highest BCUT2D eigenvalue weighted by molar-refractivity contribution is 6.31. The van der Waals surface area contributed by atoms with Crippen LogP contribution in [0.3, 0.4) is 0 Å². The Bertz CT molecular complexity index is 779. The molecule has 0 atom stereocenters. The lowest BCUT2D eigenvalue weighted by atomic mass is 10.1. The lowest BCUT2D eigenvalue weighted by Crippen LogP contribution is -2.14. The Labute approximate surface area is 138 Å². The van der Waals surface area contributed by atoms with Crippen molar-refractivity contribution in [1.29, 1.82) is 5.26 Å². The smallest absolute Gasteiger partial charge is 0.228 e. The summed E-state index contributed by atoms with van der Waals surface area (Å²) < 4.78 is 0. The van der Waals surface area contributed by atoms with Crippen LogP contribution in [0.15, 0.2) is 42.5 Å². The number of benzene rings is 2. The first-order valence-corrected chi connectivity index (χ1v) is 7.22. The molecule has 23 heavy (non-hydrogen) atoms. The number of amides is 2. The molecule has 0 aliphatic rings. The van der Waals surface area contributed by atoms with Gasteiger partial charge in [-0.05, 0) is 35.9 Å². The number of carbonyl (C=O) groups excluding carboxylic acids is 2. The molecule has 0 aromatic heterocycles. The molecule has 0 bridgehead atoms. The van der Waals surface area contributed by atoms with Crippen molar-refractivity contribution in [3.8, 4) is 6.07 Å². The maximum absolute atomic E-state index is 12.0. The van der Waals surface area contributed by atoms with Gasteiger partial charge in [0.25, 0.3) is 0 Å². The van der Waals surface area contributed by atoms with E-state index in [9.17, 15) is 9.59 Å². The molecular formula is C17H14ClN3O2. The van der Waals surface area contributed by atoms with Gasteiger partial charge < -0.3 is 10.6 Å². The fourth-order valence-electron chi connectivity index (χ4n) is 1.99. The average Bonchev–Trinajstić information content (AvgIpc) is 2.50. The highest BCUT2D eigenvalue weighted by Gasteiger charge is 2.07. The van der Waals surface area contributed by atoms with E-state index < -0.39 is 0 Å². The normalized spacial score (nSPS) is 9.78. The van der Waals surface area contributed by atoms with Gasteiger partial charge in [-0.3, -0.25) is 9.59 Å². The molecule has 6 heteroatoms. The van der Waals surface area contributed by atoms with Crippen LogP contribution in [0.2, 0.25) is 5.02 Å². The molecule has 2 amide bonds. The van der Waals surface area contributed by atoms with E-state index in [1.165, 1.54) is 13.0 Å². The largest absolute Gasteiger partial charge is 0.326 e. The van der Waals surface area contributed by atoms with Crippen LogP contribution in [-0.2, 0) is 16.0 Å². The summed E-state index contributed by atoms with van der Waals surface area (Å²) in [5, 5.41) is 14.7. The molecule has 5 nitrogen and oxygen atoms in total. The van der Waals surface area contributed by atoms with E-state index in [2.05, 4.69) is 10.6 Å². The van der Waals surface area contributed by atoms with Gasteiger partial charge in [0.15, 0.2) is 0 Å². The summed E-state index contributed by atoms with van der Waals surface area (Å²) in [6, 6.07) is 13.7. The number of nitrogens with one attached hydrogen (secondary N) is 2. The Balaban J connectivity index is 1.99. The van der Waals surface area contributed by atoms with Gasteiger partial charge >= 0.3 is 0 Å². The van der Waals surface area contributed by atoms with Gasteiger partial charge in [-0.15, -0.1) is 0 Å². The zero-order valence-electron chi connectivity index (χ0n) is 12.4. The van der Waals surface area contributed by atoms with Gasteiger partial charge in [-0.25, -0.2) is 0 Å². The van der Waals surface area contributed by atoms with Crippen molar-refractivity contribution in [3.63, 3.8) is 0 Å². The Hall–Kier alpha value is -2.84. The van der Waals surface area contributed by atoms with Crippen molar-refractivity contribution in [3.05, 3.63) is 58.6 Å². The van der Waals surface area contributed by atoms with Crippen molar-refractivity contribution in [2.45, 2.75) is 13.3 Å². The molecule has 2 N–H and O–H groups in total. The molecule has 0 unspecified atom stereocenters.